The van der Waals surface area contributed by atoms with E-state index in [-0.39, 0.29) is 0 Å². The molecule has 0 amide bonds. The van der Waals surface area contributed by atoms with Gasteiger partial charge in [-0.05, 0) is 42.8 Å². The third kappa shape index (κ3) is 3.22. The number of nitrogens with zero attached hydrogens (tertiary/aromatic N) is 1. The molecule has 0 spiro atoms. The largest absolute Gasteiger partial charge is 0.489 e. The first-order valence-electron chi connectivity index (χ1n) is 5.66. The molecular weight excluding hydrogens is 250 g/mol. The van der Waals surface area contributed by atoms with Gasteiger partial charge >= 0.3 is 0 Å². The number of hydrogen-bond donors (Lipinski definition) is 1. The monoisotopic (exact) mass is 263 g/mol. The molecule has 1 atom stereocenters. The molecule has 0 saturated carbocycles. The van der Waals surface area contributed by atoms with Crippen LogP contribution in [-0.4, -0.2) is 10.1 Å². The molecule has 0 aliphatic carbocycles. The third-order valence-electron chi connectivity index (χ3n) is 2.57. The lowest BCUT2D eigenvalue weighted by Gasteiger charge is -2.13. The molecule has 1 heterocycles. The Labute approximate surface area is 111 Å². The lowest BCUT2D eigenvalue weighted by atomic mass is 10.1. The van der Waals surface area contributed by atoms with Gasteiger partial charge in [-0.2, -0.15) is 0 Å². The Morgan fingerprint density at radius 2 is 2.00 bits per heavy atom. The molecule has 4 heteroatoms. The van der Waals surface area contributed by atoms with E-state index in [9.17, 15) is 5.11 Å². The lowest BCUT2D eigenvalue weighted by molar-refractivity contribution is 0.190. The second-order valence-corrected chi connectivity index (χ2v) is 4.44. The Hall–Kier alpha value is -1.58. The van der Waals surface area contributed by atoms with Crippen LogP contribution in [0.5, 0.6) is 5.75 Å². The van der Waals surface area contributed by atoms with Gasteiger partial charge < -0.3 is 9.84 Å². The van der Waals surface area contributed by atoms with Crippen LogP contribution in [0.3, 0.4) is 0 Å². The Kier molecular flexibility index (Phi) is 4.18. The van der Waals surface area contributed by atoms with Crippen molar-refractivity contribution in [2.75, 3.05) is 0 Å². The van der Waals surface area contributed by atoms with Crippen molar-refractivity contribution in [3.8, 4) is 5.75 Å². The van der Waals surface area contributed by atoms with Crippen LogP contribution in [0.1, 0.15) is 24.2 Å². The summed E-state index contributed by atoms with van der Waals surface area (Å²) in [6.45, 7) is 2.12. The normalized spacial score (nSPS) is 12.2. The second-order valence-electron chi connectivity index (χ2n) is 4.00. The molecule has 0 radical (unpaired) electrons. The van der Waals surface area contributed by atoms with Gasteiger partial charge in [0.2, 0.25) is 0 Å². The maximum absolute atomic E-state index is 9.68. The molecule has 94 valence electrons. The maximum atomic E-state index is 9.68. The Morgan fingerprint density at radius 3 is 2.67 bits per heavy atom. The second kappa shape index (κ2) is 5.85. The molecule has 0 fully saturated rings. The average Bonchev–Trinajstić information content (AvgIpc) is 2.38. The Morgan fingerprint density at radius 1 is 1.28 bits per heavy atom. The highest BCUT2D eigenvalue weighted by Crippen LogP contribution is 2.28. The molecule has 0 aliphatic heterocycles. The number of halogens is 1. The molecule has 1 aromatic carbocycles. The zero-order valence-electron chi connectivity index (χ0n) is 10.0. The maximum Gasteiger partial charge on any atom is 0.125 e. The van der Waals surface area contributed by atoms with Crippen molar-refractivity contribution in [3.05, 3.63) is 58.9 Å². The van der Waals surface area contributed by atoms with Crippen molar-refractivity contribution in [1.29, 1.82) is 0 Å². The van der Waals surface area contributed by atoms with Crippen molar-refractivity contribution >= 4 is 11.6 Å². The van der Waals surface area contributed by atoms with Gasteiger partial charge in [0.05, 0.1) is 6.10 Å². The van der Waals surface area contributed by atoms with E-state index in [0.29, 0.717) is 22.9 Å². The van der Waals surface area contributed by atoms with Crippen LogP contribution in [0.2, 0.25) is 5.02 Å². The SMILES string of the molecule is C[C@H](O)c1cc(Cl)ccc1OCc1ccncc1. The van der Waals surface area contributed by atoms with Gasteiger partial charge in [-0.3, -0.25) is 4.98 Å². The van der Waals surface area contributed by atoms with E-state index >= 15 is 0 Å². The summed E-state index contributed by atoms with van der Waals surface area (Å²) in [4.78, 5) is 3.94. The number of rotatable bonds is 4. The first-order chi connectivity index (χ1) is 8.66. The van der Waals surface area contributed by atoms with Gasteiger partial charge in [0, 0.05) is 23.0 Å². The molecule has 0 unspecified atom stereocenters. The van der Waals surface area contributed by atoms with E-state index in [1.165, 1.54) is 0 Å². The molecule has 0 bridgehead atoms. The van der Waals surface area contributed by atoms with E-state index in [2.05, 4.69) is 4.98 Å². The fraction of sp³-hybridized carbons (Fsp3) is 0.214. The van der Waals surface area contributed by atoms with Gasteiger partial charge in [-0.25, -0.2) is 0 Å². The summed E-state index contributed by atoms with van der Waals surface area (Å²) < 4.78 is 5.69. The average molecular weight is 264 g/mol. The van der Waals surface area contributed by atoms with Crippen molar-refractivity contribution < 1.29 is 9.84 Å². The number of aromatic nitrogens is 1. The summed E-state index contributed by atoms with van der Waals surface area (Å²) in [5.41, 5.74) is 1.72. The van der Waals surface area contributed by atoms with Gasteiger partial charge in [-0.15, -0.1) is 0 Å². The zero-order valence-corrected chi connectivity index (χ0v) is 10.8. The fourth-order valence-electron chi connectivity index (χ4n) is 1.62. The van der Waals surface area contributed by atoms with Crippen LogP contribution in [-0.2, 0) is 6.61 Å². The molecule has 2 rings (SSSR count). The van der Waals surface area contributed by atoms with Crippen LogP contribution < -0.4 is 4.74 Å². The number of benzene rings is 1. The van der Waals surface area contributed by atoms with Crippen LogP contribution in [0.15, 0.2) is 42.7 Å². The first kappa shape index (κ1) is 12.9. The molecule has 1 aromatic heterocycles. The number of ether oxygens (including phenoxy) is 1. The van der Waals surface area contributed by atoms with Crippen LogP contribution in [0, 0.1) is 0 Å². The first-order valence-corrected chi connectivity index (χ1v) is 6.04. The van der Waals surface area contributed by atoms with E-state index in [0.717, 1.165) is 5.56 Å². The molecule has 0 aliphatic rings. The number of pyridine rings is 1. The Bertz CT molecular complexity index is 514. The number of hydrogen-bond acceptors (Lipinski definition) is 3. The zero-order chi connectivity index (χ0) is 13.0. The van der Waals surface area contributed by atoms with Crippen molar-refractivity contribution in [3.63, 3.8) is 0 Å². The van der Waals surface area contributed by atoms with E-state index in [1.54, 1.807) is 37.5 Å². The minimum atomic E-state index is -0.615. The minimum absolute atomic E-state index is 0.434. The summed E-state index contributed by atoms with van der Waals surface area (Å²) in [6.07, 6.45) is 2.82. The topological polar surface area (TPSA) is 42.4 Å². The molecule has 0 saturated heterocycles. The summed E-state index contributed by atoms with van der Waals surface area (Å²) in [5, 5.41) is 10.3. The summed E-state index contributed by atoms with van der Waals surface area (Å²) in [7, 11) is 0. The van der Waals surface area contributed by atoms with E-state index in [1.807, 2.05) is 12.1 Å². The molecule has 2 aromatic rings. The predicted molar refractivity (Wildman–Crippen MR) is 70.7 cm³/mol. The summed E-state index contributed by atoms with van der Waals surface area (Å²) in [5.74, 6) is 0.645. The fourth-order valence-corrected chi connectivity index (χ4v) is 1.80. The third-order valence-corrected chi connectivity index (χ3v) is 2.80. The van der Waals surface area contributed by atoms with Gasteiger partial charge in [0.25, 0.3) is 0 Å². The standard InChI is InChI=1S/C14H14ClNO2/c1-10(17)13-8-12(15)2-3-14(13)18-9-11-4-6-16-7-5-11/h2-8,10,17H,9H2,1H3/t10-/m0/s1. The smallest absolute Gasteiger partial charge is 0.125 e. The van der Waals surface area contributed by atoms with Crippen LogP contribution >= 0.6 is 11.6 Å². The molecular formula is C14H14ClNO2. The Balaban J connectivity index is 2.14. The van der Waals surface area contributed by atoms with Crippen LogP contribution in [0.4, 0.5) is 0 Å². The summed E-state index contributed by atoms with van der Waals surface area (Å²) >= 11 is 5.90. The van der Waals surface area contributed by atoms with Crippen LogP contribution in [0.25, 0.3) is 0 Å². The van der Waals surface area contributed by atoms with Crippen molar-refractivity contribution in [2.45, 2.75) is 19.6 Å². The molecule has 3 nitrogen and oxygen atoms in total. The highest BCUT2D eigenvalue weighted by Gasteiger charge is 2.10. The van der Waals surface area contributed by atoms with E-state index < -0.39 is 6.10 Å². The van der Waals surface area contributed by atoms with Crippen molar-refractivity contribution in [1.82, 2.24) is 4.98 Å². The van der Waals surface area contributed by atoms with Gasteiger partial charge in [0.15, 0.2) is 0 Å². The number of aliphatic hydroxyl groups is 1. The predicted octanol–water partition coefficient (Wildman–Crippen LogP) is 3.37. The number of aliphatic hydroxyl groups excluding tert-OH is 1. The highest BCUT2D eigenvalue weighted by molar-refractivity contribution is 6.30. The summed E-state index contributed by atoms with van der Waals surface area (Å²) in [6, 6.07) is 9.00. The van der Waals surface area contributed by atoms with Crippen molar-refractivity contribution in [2.24, 2.45) is 0 Å². The van der Waals surface area contributed by atoms with Gasteiger partial charge in [-0.1, -0.05) is 11.6 Å². The minimum Gasteiger partial charge on any atom is -0.489 e. The quantitative estimate of drug-likeness (QED) is 0.920. The molecule has 18 heavy (non-hydrogen) atoms. The highest BCUT2D eigenvalue weighted by atomic mass is 35.5. The van der Waals surface area contributed by atoms with Gasteiger partial charge in [0.1, 0.15) is 12.4 Å². The molecule has 1 N–H and O–H groups in total. The lowest BCUT2D eigenvalue weighted by Crippen LogP contribution is -2.01. The van der Waals surface area contributed by atoms with E-state index in [4.69, 9.17) is 16.3 Å².